The molecular weight excluding hydrogens is 453 g/mol. The third-order valence-corrected chi connectivity index (χ3v) is 55.2. The first-order chi connectivity index (χ1) is 7.52. The van der Waals surface area contributed by atoms with E-state index in [1.54, 1.807) is 0 Å². The Morgan fingerprint density at radius 3 is 1.22 bits per heavy atom. The summed E-state index contributed by atoms with van der Waals surface area (Å²) in [6.07, 6.45) is 0. The van der Waals surface area contributed by atoms with Gasteiger partial charge in [0.05, 0.1) is 0 Å². The third kappa shape index (κ3) is 4.94. The molecule has 0 atom stereocenters. The molecule has 0 amide bonds. The number of hydrogen-bond acceptors (Lipinski definition) is 0. The number of hydrogen-bond donors (Lipinski definition) is 0. The van der Waals surface area contributed by atoms with E-state index in [0.29, 0.717) is 0 Å². The van der Waals surface area contributed by atoms with Gasteiger partial charge in [-0.15, -0.1) is 0 Å². The first-order valence-corrected chi connectivity index (χ1v) is 28.9. The molecule has 0 nitrogen and oxygen atoms in total. The van der Waals surface area contributed by atoms with Crippen LogP contribution in [0.15, 0.2) is 0 Å². The minimum absolute atomic E-state index is 0.0500. The molecule has 1 radical (unpaired) electrons. The normalized spacial score (nSPS) is 15.7. The Balaban J connectivity index is 5.64. The van der Waals surface area contributed by atoms with Crippen molar-refractivity contribution < 1.29 is 4.11 Å². The van der Waals surface area contributed by atoms with E-state index in [0.717, 1.165) is 1.95 Å². The van der Waals surface area contributed by atoms with Crippen molar-refractivity contribution in [2.24, 2.45) is 0 Å². The van der Waals surface area contributed by atoms with Gasteiger partial charge in [-0.25, -0.2) is 0 Å². The minimum atomic E-state index is -2.11. The molecule has 0 N–H and O–H groups in total. The van der Waals surface area contributed by atoms with E-state index in [9.17, 15) is 0 Å². The zero-order chi connectivity index (χ0) is 15.2. The molecule has 0 spiro atoms. The second-order valence-electron chi connectivity index (χ2n) is 9.45. The Labute approximate surface area is 125 Å². The monoisotopic (exact) mass is 489 g/mol. The van der Waals surface area contributed by atoms with Crippen LogP contribution in [0.25, 0.3) is 0 Å². The van der Waals surface area contributed by atoms with Crippen molar-refractivity contribution in [3.63, 3.8) is 0 Å². The van der Waals surface area contributed by atoms with Gasteiger partial charge in [0.15, 0.2) is 0 Å². The van der Waals surface area contributed by atoms with Crippen molar-refractivity contribution in [1.29, 1.82) is 0 Å². The van der Waals surface area contributed by atoms with Crippen LogP contribution in [0.1, 0.15) is 34.6 Å². The second-order valence-corrected chi connectivity index (χ2v) is 47.9. The second kappa shape index (κ2) is 5.86. The molecule has 4 heteroatoms. The first-order valence-electron chi connectivity index (χ1n) is 7.06. The van der Waals surface area contributed by atoms with Crippen molar-refractivity contribution in [3.05, 3.63) is 0 Å². The Morgan fingerprint density at radius 2 is 1.06 bits per heavy atom. The summed E-state index contributed by atoms with van der Waals surface area (Å²) in [4.78, 5) is 15.1. The summed E-state index contributed by atoms with van der Waals surface area (Å²) in [6.45, 7) is 10.8. The fourth-order valence-electron chi connectivity index (χ4n) is 4.56. The Kier molecular flexibility index (Phi) is 6.42. The van der Waals surface area contributed by atoms with E-state index in [1.165, 1.54) is 0 Å². The molecule has 0 saturated carbocycles. The molecule has 0 aliphatic rings. The van der Waals surface area contributed by atoms with Crippen LogP contribution in [0.4, 0.5) is 4.11 Å². The van der Waals surface area contributed by atoms with Crippen LogP contribution >= 0.6 is 0 Å². The molecule has 0 rings (SSSR count). The zero-order valence-electron chi connectivity index (χ0n) is 14.5. The van der Waals surface area contributed by atoms with Crippen LogP contribution < -0.4 is 0 Å². The van der Waals surface area contributed by atoms with Crippen LogP contribution in [0.3, 0.4) is 0 Å². The SMILES string of the molecule is CC(C)(C)[Si](F)C(C)(C)[CH]([Sn]([CH3])([CH3])[CH3])[Sn]([CH3])([CH3])[CH3]. The molecule has 0 heterocycles. The fourth-order valence-corrected chi connectivity index (χ4v) is 84.2. The Morgan fingerprint density at radius 1 is 0.778 bits per heavy atom. The summed E-state index contributed by atoms with van der Waals surface area (Å²) in [7, 11) is -1.84. The molecule has 0 aliphatic heterocycles. The van der Waals surface area contributed by atoms with Crippen molar-refractivity contribution in [2.45, 2.75) is 76.3 Å². The van der Waals surface area contributed by atoms with Crippen LogP contribution in [-0.4, -0.2) is 45.9 Å². The predicted octanol–water partition coefficient (Wildman–Crippen LogP) is 6.11. The standard InChI is InChI=1S/C8H16FSi.6CH3.2Sn/c1-7(2,3)10(9)8(4,5)6;;;;;;;;/h1H,2-6H3;6*1H3;;. The van der Waals surface area contributed by atoms with Gasteiger partial charge in [-0.3, -0.25) is 0 Å². The van der Waals surface area contributed by atoms with Gasteiger partial charge in [-0.1, -0.05) is 0 Å². The summed E-state index contributed by atoms with van der Waals surface area (Å²) in [5.74, 6) is 0. The van der Waals surface area contributed by atoms with Crippen LogP contribution in [0, 0.1) is 0 Å². The Hall–Kier alpha value is 1.74. The average molecular weight is 487 g/mol. The van der Waals surface area contributed by atoms with Crippen LogP contribution in [0.5, 0.6) is 0 Å². The molecule has 0 bridgehead atoms. The molecule has 0 saturated heterocycles. The van der Waals surface area contributed by atoms with E-state index in [1.807, 2.05) is 0 Å². The molecule has 0 fully saturated rings. The maximum atomic E-state index is 15.2. The van der Waals surface area contributed by atoms with E-state index in [-0.39, 0.29) is 10.1 Å². The third-order valence-electron chi connectivity index (χ3n) is 3.68. The van der Waals surface area contributed by atoms with Crippen molar-refractivity contribution in [2.75, 3.05) is 0 Å². The van der Waals surface area contributed by atoms with Crippen LogP contribution in [0.2, 0.25) is 41.7 Å². The Bertz CT molecular complexity index is 268. The van der Waals surface area contributed by atoms with E-state index >= 15 is 4.11 Å². The quantitative estimate of drug-likeness (QED) is 0.332. The van der Waals surface area contributed by atoms with Gasteiger partial charge < -0.3 is 0 Å². The van der Waals surface area contributed by atoms with Gasteiger partial charge in [-0.2, -0.15) is 0 Å². The molecule has 18 heavy (non-hydrogen) atoms. The first kappa shape index (κ1) is 19.7. The number of rotatable bonds is 4. The van der Waals surface area contributed by atoms with E-state index in [4.69, 9.17) is 0 Å². The summed E-state index contributed by atoms with van der Waals surface area (Å²) in [5.41, 5.74) is 0. The summed E-state index contributed by atoms with van der Waals surface area (Å²) in [5, 5.41) is -0.188. The topological polar surface area (TPSA) is 0 Å². The summed E-state index contributed by atoms with van der Waals surface area (Å²) >= 11 is -4.21. The molecule has 0 aromatic heterocycles. The molecule has 0 aliphatic carbocycles. The van der Waals surface area contributed by atoms with Gasteiger partial charge in [-0.05, 0) is 0 Å². The van der Waals surface area contributed by atoms with Gasteiger partial charge >= 0.3 is 126 Å². The van der Waals surface area contributed by atoms with Crippen molar-refractivity contribution in [3.8, 4) is 0 Å². The van der Waals surface area contributed by atoms with Crippen molar-refractivity contribution >= 4 is 45.9 Å². The molecule has 0 aromatic rings. The fraction of sp³-hybridized carbons (Fsp3) is 1.00. The summed E-state index contributed by atoms with van der Waals surface area (Å²) in [6, 6.07) is 0. The van der Waals surface area contributed by atoms with E-state index < -0.39 is 45.9 Å². The van der Waals surface area contributed by atoms with Gasteiger partial charge in [0.1, 0.15) is 0 Å². The predicted molar refractivity (Wildman–Crippen MR) is 91.1 cm³/mol. The molecule has 0 unspecified atom stereocenters. The maximum absolute atomic E-state index is 15.2. The van der Waals surface area contributed by atoms with Gasteiger partial charge in [0, 0.05) is 0 Å². The van der Waals surface area contributed by atoms with Crippen molar-refractivity contribution in [1.82, 2.24) is 0 Å². The van der Waals surface area contributed by atoms with E-state index in [2.05, 4.69) is 64.3 Å². The van der Waals surface area contributed by atoms with Gasteiger partial charge in [0.25, 0.3) is 0 Å². The average Bonchev–Trinajstić information content (AvgIpc) is 1.93. The molecule has 0 aromatic carbocycles. The summed E-state index contributed by atoms with van der Waals surface area (Å²) < 4.78 is 15.9. The molecular formula is C14H34FSiSn2. The van der Waals surface area contributed by atoms with Crippen LogP contribution in [-0.2, 0) is 0 Å². The van der Waals surface area contributed by atoms with Gasteiger partial charge in [0.2, 0.25) is 0 Å². The number of halogens is 1. The molecule has 109 valence electrons. The zero-order valence-corrected chi connectivity index (χ0v) is 21.2.